The number of hydrogen-bond donors (Lipinski definition) is 1. The number of aryl methyl sites for hydroxylation is 1. The molecule has 0 aliphatic heterocycles. The number of para-hydroxylation sites is 1. The first kappa shape index (κ1) is 19.6. The number of nitrogens with one attached hydrogen (secondary N) is 1. The molecule has 0 atom stereocenters. The van der Waals surface area contributed by atoms with Gasteiger partial charge >= 0.3 is 0 Å². The van der Waals surface area contributed by atoms with Gasteiger partial charge in [-0.05, 0) is 36.2 Å². The smallest absolute Gasteiger partial charge is 0.264 e. The molecular formula is C20H21N3O4S. The van der Waals surface area contributed by atoms with Crippen LogP contribution in [-0.2, 0) is 11.2 Å². The third kappa shape index (κ3) is 4.98. The first-order valence-electron chi connectivity index (χ1n) is 8.60. The molecule has 2 aromatic carbocycles. The largest absolute Gasteiger partial charge is 0.493 e. The predicted octanol–water partition coefficient (Wildman–Crippen LogP) is 3.47. The van der Waals surface area contributed by atoms with Crippen molar-refractivity contribution in [2.75, 3.05) is 26.1 Å². The van der Waals surface area contributed by atoms with Gasteiger partial charge in [0, 0.05) is 6.42 Å². The van der Waals surface area contributed by atoms with Crippen LogP contribution in [0.1, 0.15) is 16.1 Å². The Morgan fingerprint density at radius 3 is 2.57 bits per heavy atom. The van der Waals surface area contributed by atoms with Crippen molar-refractivity contribution in [3.05, 3.63) is 58.6 Å². The van der Waals surface area contributed by atoms with Crippen LogP contribution < -0.4 is 19.5 Å². The second-order valence-electron chi connectivity index (χ2n) is 5.97. The van der Waals surface area contributed by atoms with Crippen LogP contribution in [-0.4, -0.2) is 36.9 Å². The second kappa shape index (κ2) is 9.18. The Hall–Kier alpha value is -3.13. The van der Waals surface area contributed by atoms with Crippen molar-refractivity contribution in [3.63, 3.8) is 0 Å². The van der Waals surface area contributed by atoms with Gasteiger partial charge in [-0.15, -0.1) is 10.2 Å². The van der Waals surface area contributed by atoms with Crippen LogP contribution in [0.15, 0.2) is 42.5 Å². The first-order chi connectivity index (χ1) is 13.6. The molecule has 0 bridgehead atoms. The minimum Gasteiger partial charge on any atom is -0.493 e. The Bertz CT molecular complexity index is 958. The summed E-state index contributed by atoms with van der Waals surface area (Å²) < 4.78 is 16.1. The molecule has 28 heavy (non-hydrogen) atoms. The van der Waals surface area contributed by atoms with E-state index in [-0.39, 0.29) is 12.5 Å². The molecule has 3 aromatic rings. The Morgan fingerprint density at radius 1 is 1.04 bits per heavy atom. The lowest BCUT2D eigenvalue weighted by Gasteiger charge is -2.08. The summed E-state index contributed by atoms with van der Waals surface area (Å²) in [7, 11) is 3.19. The molecule has 7 nitrogen and oxygen atoms in total. The average molecular weight is 399 g/mol. The van der Waals surface area contributed by atoms with Gasteiger partial charge in [-0.3, -0.25) is 10.1 Å². The van der Waals surface area contributed by atoms with Crippen molar-refractivity contribution in [1.29, 1.82) is 0 Å². The van der Waals surface area contributed by atoms with E-state index in [9.17, 15) is 4.79 Å². The molecule has 0 spiro atoms. The molecule has 0 fully saturated rings. The first-order valence-corrected chi connectivity index (χ1v) is 9.42. The van der Waals surface area contributed by atoms with Crippen molar-refractivity contribution in [1.82, 2.24) is 10.2 Å². The standard InChI is InChI=1S/C20H21N3O4S/c1-13-6-4-5-7-15(13)27-12-18(24)21-20-23-22-19(28-20)11-14-8-9-16(25-2)17(10-14)26-3/h4-10H,11-12H2,1-3H3,(H,21,23,24). The van der Waals surface area contributed by atoms with Gasteiger partial charge in [-0.25, -0.2) is 0 Å². The molecule has 3 rings (SSSR count). The molecule has 1 N–H and O–H groups in total. The Morgan fingerprint density at radius 2 is 1.82 bits per heavy atom. The van der Waals surface area contributed by atoms with E-state index in [4.69, 9.17) is 14.2 Å². The minimum atomic E-state index is -0.280. The molecule has 1 heterocycles. The number of nitrogens with zero attached hydrogens (tertiary/aromatic N) is 2. The van der Waals surface area contributed by atoms with E-state index in [1.165, 1.54) is 11.3 Å². The second-order valence-corrected chi connectivity index (χ2v) is 7.03. The van der Waals surface area contributed by atoms with E-state index in [0.29, 0.717) is 28.8 Å². The highest BCUT2D eigenvalue weighted by molar-refractivity contribution is 7.15. The van der Waals surface area contributed by atoms with Crippen LogP contribution in [0.2, 0.25) is 0 Å². The number of anilines is 1. The summed E-state index contributed by atoms with van der Waals surface area (Å²) in [6.45, 7) is 1.84. The number of benzene rings is 2. The summed E-state index contributed by atoms with van der Waals surface area (Å²) in [6, 6.07) is 13.2. The Kier molecular flexibility index (Phi) is 6.44. The van der Waals surface area contributed by atoms with Crippen molar-refractivity contribution >= 4 is 22.4 Å². The van der Waals surface area contributed by atoms with Crippen LogP contribution in [0.25, 0.3) is 0 Å². The van der Waals surface area contributed by atoms with Crippen LogP contribution in [0.3, 0.4) is 0 Å². The van der Waals surface area contributed by atoms with Crippen molar-refractivity contribution in [2.45, 2.75) is 13.3 Å². The SMILES string of the molecule is COc1ccc(Cc2nnc(NC(=O)COc3ccccc3C)s2)cc1OC. The van der Waals surface area contributed by atoms with E-state index in [0.717, 1.165) is 16.1 Å². The lowest BCUT2D eigenvalue weighted by Crippen LogP contribution is -2.20. The van der Waals surface area contributed by atoms with Gasteiger partial charge < -0.3 is 14.2 Å². The molecule has 0 aliphatic carbocycles. The molecule has 0 radical (unpaired) electrons. The highest BCUT2D eigenvalue weighted by Crippen LogP contribution is 2.29. The molecule has 0 aliphatic rings. The third-order valence-electron chi connectivity index (χ3n) is 3.97. The normalized spacial score (nSPS) is 10.4. The summed E-state index contributed by atoms with van der Waals surface area (Å²) in [5.74, 6) is 1.73. The van der Waals surface area contributed by atoms with Crippen LogP contribution in [0.4, 0.5) is 5.13 Å². The fraction of sp³-hybridized carbons (Fsp3) is 0.250. The molecule has 146 valence electrons. The summed E-state index contributed by atoms with van der Waals surface area (Å²) in [6.07, 6.45) is 0.577. The number of amides is 1. The average Bonchev–Trinajstić information content (AvgIpc) is 3.13. The number of methoxy groups -OCH3 is 2. The Balaban J connectivity index is 1.56. The zero-order valence-corrected chi connectivity index (χ0v) is 16.7. The fourth-order valence-corrected chi connectivity index (χ4v) is 3.35. The van der Waals surface area contributed by atoms with E-state index in [1.54, 1.807) is 14.2 Å². The number of ether oxygens (including phenoxy) is 3. The van der Waals surface area contributed by atoms with E-state index >= 15 is 0 Å². The summed E-state index contributed by atoms with van der Waals surface area (Å²) >= 11 is 1.32. The van der Waals surface area contributed by atoms with E-state index in [1.807, 2.05) is 49.4 Å². The van der Waals surface area contributed by atoms with E-state index in [2.05, 4.69) is 15.5 Å². The molecule has 0 saturated heterocycles. The van der Waals surface area contributed by atoms with Gasteiger partial charge in [0.1, 0.15) is 10.8 Å². The predicted molar refractivity (Wildman–Crippen MR) is 108 cm³/mol. The van der Waals surface area contributed by atoms with Gasteiger partial charge in [-0.1, -0.05) is 35.6 Å². The van der Waals surface area contributed by atoms with Crippen LogP contribution >= 0.6 is 11.3 Å². The zero-order valence-electron chi connectivity index (χ0n) is 15.9. The van der Waals surface area contributed by atoms with E-state index < -0.39 is 0 Å². The highest BCUT2D eigenvalue weighted by atomic mass is 32.1. The third-order valence-corrected chi connectivity index (χ3v) is 4.81. The lowest BCUT2D eigenvalue weighted by atomic mass is 10.1. The summed E-state index contributed by atoms with van der Waals surface area (Å²) in [5, 5.41) is 12.1. The number of hydrogen-bond acceptors (Lipinski definition) is 7. The summed E-state index contributed by atoms with van der Waals surface area (Å²) in [5.41, 5.74) is 1.98. The van der Waals surface area contributed by atoms with Gasteiger partial charge in [-0.2, -0.15) is 0 Å². The topological polar surface area (TPSA) is 82.6 Å². The molecule has 1 aromatic heterocycles. The highest BCUT2D eigenvalue weighted by Gasteiger charge is 2.11. The molecule has 1 amide bonds. The number of aromatic nitrogens is 2. The number of carbonyl (C=O) groups is 1. The van der Waals surface area contributed by atoms with Crippen molar-refractivity contribution in [2.24, 2.45) is 0 Å². The quantitative estimate of drug-likeness (QED) is 0.625. The Labute approximate surface area is 167 Å². The van der Waals surface area contributed by atoms with Gasteiger partial charge in [0.05, 0.1) is 14.2 Å². The van der Waals surface area contributed by atoms with Crippen molar-refractivity contribution in [3.8, 4) is 17.2 Å². The van der Waals surface area contributed by atoms with Crippen molar-refractivity contribution < 1.29 is 19.0 Å². The number of carbonyl (C=O) groups excluding carboxylic acids is 1. The molecule has 0 unspecified atom stereocenters. The van der Waals surface area contributed by atoms with Gasteiger partial charge in [0.2, 0.25) is 5.13 Å². The van der Waals surface area contributed by atoms with Gasteiger partial charge in [0.25, 0.3) is 5.91 Å². The molecule has 8 heteroatoms. The number of rotatable bonds is 8. The molecular weight excluding hydrogens is 378 g/mol. The lowest BCUT2D eigenvalue weighted by molar-refractivity contribution is -0.118. The maximum atomic E-state index is 12.1. The minimum absolute atomic E-state index is 0.0879. The molecule has 0 saturated carbocycles. The maximum absolute atomic E-state index is 12.1. The van der Waals surface area contributed by atoms with Crippen LogP contribution in [0, 0.1) is 6.92 Å². The monoisotopic (exact) mass is 399 g/mol. The zero-order chi connectivity index (χ0) is 19.9. The maximum Gasteiger partial charge on any atom is 0.264 e. The van der Waals surface area contributed by atoms with Crippen LogP contribution in [0.5, 0.6) is 17.2 Å². The summed E-state index contributed by atoms with van der Waals surface area (Å²) in [4.78, 5) is 12.1. The van der Waals surface area contributed by atoms with Gasteiger partial charge in [0.15, 0.2) is 18.1 Å². The fourth-order valence-electron chi connectivity index (χ4n) is 2.56.